The van der Waals surface area contributed by atoms with E-state index in [2.05, 4.69) is 25.6 Å². The van der Waals surface area contributed by atoms with Crippen LogP contribution in [-0.4, -0.2) is 24.1 Å². The Hall–Kier alpha value is -2.73. The topological polar surface area (TPSA) is 80.3 Å². The monoisotopic (exact) mass is 396 g/mol. The third-order valence-corrected chi connectivity index (χ3v) is 5.81. The first-order valence-electron chi connectivity index (χ1n) is 7.42. The van der Waals surface area contributed by atoms with Gasteiger partial charge in [0.05, 0.1) is 0 Å². The van der Waals surface area contributed by atoms with Crippen LogP contribution < -0.4 is 0 Å². The summed E-state index contributed by atoms with van der Waals surface area (Å²) in [4.78, 5) is 4.16. The summed E-state index contributed by atoms with van der Waals surface area (Å²) >= 11 is 8.47. The summed E-state index contributed by atoms with van der Waals surface area (Å²) in [7, 11) is 0. The molecule has 0 radical (unpaired) electrons. The standard InChI is InChI=1S/C17H9ClN6S2/c18-14-13(9-19)16(26-23-14)25-17-22-21-15(11-5-4-8-20-10-11)24(17)12-6-2-1-3-7-12/h1-8,10H. The van der Waals surface area contributed by atoms with Crippen molar-refractivity contribution in [2.75, 3.05) is 0 Å². The molecule has 4 rings (SSSR count). The second kappa shape index (κ2) is 7.25. The second-order valence-electron chi connectivity index (χ2n) is 5.07. The van der Waals surface area contributed by atoms with Gasteiger partial charge in [-0.3, -0.25) is 9.55 Å². The zero-order valence-corrected chi connectivity index (χ0v) is 15.5. The van der Waals surface area contributed by atoms with Crippen molar-refractivity contribution >= 4 is 34.9 Å². The van der Waals surface area contributed by atoms with Gasteiger partial charge in [-0.2, -0.15) is 9.64 Å². The molecule has 4 aromatic rings. The number of pyridine rings is 1. The summed E-state index contributed by atoms with van der Waals surface area (Å²) in [5, 5.41) is 18.8. The molecule has 3 aromatic heterocycles. The molecule has 0 saturated heterocycles. The Bertz CT molecular complexity index is 1090. The van der Waals surface area contributed by atoms with E-state index in [9.17, 15) is 5.26 Å². The minimum Gasteiger partial charge on any atom is -0.270 e. The Kier molecular flexibility index (Phi) is 4.67. The van der Waals surface area contributed by atoms with Gasteiger partial charge in [0.1, 0.15) is 15.8 Å². The Morgan fingerprint density at radius 2 is 1.96 bits per heavy atom. The van der Waals surface area contributed by atoms with Crippen molar-refractivity contribution in [3.63, 3.8) is 0 Å². The van der Waals surface area contributed by atoms with E-state index in [0.717, 1.165) is 11.3 Å². The van der Waals surface area contributed by atoms with Crippen molar-refractivity contribution in [2.45, 2.75) is 9.37 Å². The van der Waals surface area contributed by atoms with Crippen LogP contribution in [0.3, 0.4) is 0 Å². The predicted molar refractivity (Wildman–Crippen MR) is 101 cm³/mol. The van der Waals surface area contributed by atoms with E-state index in [4.69, 9.17) is 11.6 Å². The number of aromatic nitrogens is 5. The number of halogens is 1. The number of hydrogen-bond acceptors (Lipinski definition) is 7. The summed E-state index contributed by atoms with van der Waals surface area (Å²) in [6, 6.07) is 15.6. The number of para-hydroxylation sites is 1. The molecule has 1 aromatic carbocycles. The van der Waals surface area contributed by atoms with Gasteiger partial charge in [0.15, 0.2) is 11.0 Å². The summed E-state index contributed by atoms with van der Waals surface area (Å²) in [5.41, 5.74) is 2.11. The van der Waals surface area contributed by atoms with Gasteiger partial charge in [0.2, 0.25) is 5.16 Å². The maximum Gasteiger partial charge on any atom is 0.201 e. The van der Waals surface area contributed by atoms with E-state index >= 15 is 0 Å². The predicted octanol–water partition coefficient (Wildman–Crippen LogP) is 4.46. The molecule has 0 atom stereocenters. The van der Waals surface area contributed by atoms with E-state index in [1.165, 1.54) is 23.3 Å². The summed E-state index contributed by atoms with van der Waals surface area (Å²) < 4.78 is 6.65. The smallest absolute Gasteiger partial charge is 0.201 e. The first-order valence-corrected chi connectivity index (χ1v) is 9.39. The fraction of sp³-hybridized carbons (Fsp3) is 0. The van der Waals surface area contributed by atoms with Gasteiger partial charge >= 0.3 is 0 Å². The number of hydrogen-bond donors (Lipinski definition) is 0. The molecule has 0 spiro atoms. The van der Waals surface area contributed by atoms with Gasteiger partial charge in [0.25, 0.3) is 0 Å². The van der Waals surface area contributed by atoms with E-state index in [0.29, 0.717) is 20.8 Å². The van der Waals surface area contributed by atoms with Gasteiger partial charge in [-0.1, -0.05) is 29.8 Å². The van der Waals surface area contributed by atoms with Crippen LogP contribution in [0.4, 0.5) is 0 Å². The number of nitriles is 1. The SMILES string of the molecule is N#Cc1c(Cl)nsc1Sc1nnc(-c2cccnc2)n1-c1ccccc1. The van der Waals surface area contributed by atoms with E-state index in [1.807, 2.05) is 47.0 Å². The molecule has 0 unspecified atom stereocenters. The molecule has 126 valence electrons. The molecule has 9 heteroatoms. The van der Waals surface area contributed by atoms with Crippen LogP contribution in [0.25, 0.3) is 17.1 Å². The lowest BCUT2D eigenvalue weighted by molar-refractivity contribution is 0.887. The van der Waals surface area contributed by atoms with Gasteiger partial charge in [-0.15, -0.1) is 10.2 Å². The highest BCUT2D eigenvalue weighted by molar-refractivity contribution is 8.01. The van der Waals surface area contributed by atoms with Crippen LogP contribution in [-0.2, 0) is 0 Å². The quantitative estimate of drug-likeness (QED) is 0.506. The summed E-state index contributed by atoms with van der Waals surface area (Å²) in [6.45, 7) is 0. The van der Waals surface area contributed by atoms with Crippen LogP contribution in [0.15, 0.2) is 64.2 Å². The average Bonchev–Trinajstić information content (AvgIpc) is 3.27. The molecular formula is C17H9ClN6S2. The first kappa shape index (κ1) is 16.7. The molecule has 0 aliphatic heterocycles. The Labute approximate surface area is 162 Å². The lowest BCUT2D eigenvalue weighted by atomic mass is 10.2. The highest BCUT2D eigenvalue weighted by atomic mass is 35.5. The third-order valence-electron chi connectivity index (χ3n) is 3.48. The van der Waals surface area contributed by atoms with Crippen LogP contribution in [0, 0.1) is 11.3 Å². The van der Waals surface area contributed by atoms with Gasteiger partial charge in [-0.05, 0) is 47.6 Å². The zero-order valence-electron chi connectivity index (χ0n) is 13.1. The second-order valence-corrected chi connectivity index (χ2v) is 7.44. The maximum absolute atomic E-state index is 9.30. The van der Waals surface area contributed by atoms with Crippen molar-refractivity contribution in [1.82, 2.24) is 24.1 Å². The van der Waals surface area contributed by atoms with Crippen molar-refractivity contribution in [1.29, 1.82) is 5.26 Å². The summed E-state index contributed by atoms with van der Waals surface area (Å²) in [6.07, 6.45) is 3.45. The number of rotatable bonds is 4. The van der Waals surface area contributed by atoms with Crippen LogP contribution in [0.1, 0.15) is 5.56 Å². The molecule has 3 heterocycles. The molecule has 0 amide bonds. The van der Waals surface area contributed by atoms with Crippen molar-refractivity contribution in [2.24, 2.45) is 0 Å². The van der Waals surface area contributed by atoms with Crippen LogP contribution in [0.5, 0.6) is 0 Å². The fourth-order valence-electron chi connectivity index (χ4n) is 2.33. The molecule has 0 fully saturated rings. The molecule has 0 aliphatic carbocycles. The third kappa shape index (κ3) is 3.08. The lowest BCUT2D eigenvalue weighted by Crippen LogP contribution is -1.99. The van der Waals surface area contributed by atoms with Gasteiger partial charge in [-0.25, -0.2) is 0 Å². The number of benzene rings is 1. The summed E-state index contributed by atoms with van der Waals surface area (Å²) in [5.74, 6) is 0.668. The Balaban J connectivity index is 1.85. The molecule has 0 bridgehead atoms. The molecule has 0 saturated carbocycles. The normalized spacial score (nSPS) is 10.6. The highest BCUT2D eigenvalue weighted by Gasteiger charge is 2.20. The minimum absolute atomic E-state index is 0.207. The number of nitrogens with zero attached hydrogens (tertiary/aromatic N) is 6. The van der Waals surface area contributed by atoms with E-state index in [1.54, 1.807) is 12.4 Å². The van der Waals surface area contributed by atoms with Crippen LogP contribution in [0.2, 0.25) is 5.15 Å². The Morgan fingerprint density at radius 1 is 1.12 bits per heavy atom. The zero-order chi connectivity index (χ0) is 17.9. The average molecular weight is 397 g/mol. The van der Waals surface area contributed by atoms with Crippen molar-refractivity contribution in [3.8, 4) is 23.1 Å². The molecule has 26 heavy (non-hydrogen) atoms. The molecule has 0 N–H and O–H groups in total. The molecular weight excluding hydrogens is 388 g/mol. The molecule has 6 nitrogen and oxygen atoms in total. The van der Waals surface area contributed by atoms with E-state index in [-0.39, 0.29) is 5.15 Å². The largest absolute Gasteiger partial charge is 0.270 e. The lowest BCUT2D eigenvalue weighted by Gasteiger charge is -2.09. The van der Waals surface area contributed by atoms with Gasteiger partial charge in [0, 0.05) is 23.6 Å². The van der Waals surface area contributed by atoms with Gasteiger partial charge < -0.3 is 0 Å². The maximum atomic E-state index is 9.30. The molecule has 0 aliphatic rings. The van der Waals surface area contributed by atoms with Crippen LogP contribution >= 0.6 is 34.9 Å². The van der Waals surface area contributed by atoms with E-state index < -0.39 is 0 Å². The fourth-order valence-corrected chi connectivity index (χ4v) is 4.43. The highest BCUT2D eigenvalue weighted by Crippen LogP contribution is 2.38. The van der Waals surface area contributed by atoms with Crippen molar-refractivity contribution < 1.29 is 0 Å². The Morgan fingerprint density at radius 3 is 2.69 bits per heavy atom. The van der Waals surface area contributed by atoms with Crippen molar-refractivity contribution in [3.05, 3.63) is 65.6 Å². The first-order chi connectivity index (χ1) is 12.8. The minimum atomic E-state index is 0.207.